The second-order valence-corrected chi connectivity index (χ2v) is 13.9. The zero-order valence-corrected chi connectivity index (χ0v) is 19.1. The predicted molar refractivity (Wildman–Crippen MR) is 122 cm³/mol. The fourth-order valence-electron chi connectivity index (χ4n) is 2.76. The maximum atomic E-state index is 6.42. The quantitative estimate of drug-likeness (QED) is 0.408. The molecule has 0 radical (unpaired) electrons. The smallest absolute Gasteiger partial charge is 0.191 e. The van der Waals surface area contributed by atoms with Crippen LogP contribution in [0.1, 0.15) is 50.7 Å². The molecule has 3 heteroatoms. The fraction of sp³-hybridized carbons (Fsp3) is 0.417. The molecule has 1 unspecified atom stereocenters. The molecule has 0 N–H and O–H groups in total. The first kappa shape index (κ1) is 21.9. The number of hydrogen-bond acceptors (Lipinski definition) is 1. The monoisotopic (exact) mass is 400 g/mol. The molecule has 0 aromatic heterocycles. The Labute approximate surface area is 171 Å². The highest BCUT2D eigenvalue weighted by Gasteiger charge is 2.37. The van der Waals surface area contributed by atoms with Gasteiger partial charge in [0.1, 0.15) is 0 Å². The van der Waals surface area contributed by atoms with E-state index in [-0.39, 0.29) is 5.04 Å². The second kappa shape index (κ2) is 9.72. The molecule has 27 heavy (non-hydrogen) atoms. The highest BCUT2D eigenvalue weighted by molar-refractivity contribution is 6.74. The summed E-state index contributed by atoms with van der Waals surface area (Å²) in [6.45, 7) is 12.3. The molecule has 0 saturated carbocycles. The highest BCUT2D eigenvalue weighted by atomic mass is 35.5. The van der Waals surface area contributed by atoms with E-state index in [0.717, 1.165) is 24.5 Å². The summed E-state index contributed by atoms with van der Waals surface area (Å²) < 4.78 is 6.42. The van der Waals surface area contributed by atoms with Crippen molar-refractivity contribution in [1.82, 2.24) is 0 Å². The minimum atomic E-state index is -1.70. The van der Waals surface area contributed by atoms with Crippen molar-refractivity contribution in [3.8, 4) is 0 Å². The lowest BCUT2D eigenvalue weighted by molar-refractivity contribution is 0.271. The lowest BCUT2D eigenvalue weighted by Crippen LogP contribution is -2.41. The molecule has 0 spiro atoms. The molecule has 2 rings (SSSR count). The van der Waals surface area contributed by atoms with E-state index >= 15 is 0 Å². The van der Waals surface area contributed by atoms with E-state index in [4.69, 9.17) is 16.0 Å². The summed E-state index contributed by atoms with van der Waals surface area (Å²) in [6, 6.07) is 18.7. The predicted octanol–water partition coefficient (Wildman–Crippen LogP) is 7.94. The van der Waals surface area contributed by atoms with Crippen molar-refractivity contribution in [2.75, 3.05) is 6.61 Å². The average molecular weight is 401 g/mol. The molecule has 0 heterocycles. The van der Waals surface area contributed by atoms with Crippen LogP contribution in [0, 0.1) is 0 Å². The van der Waals surface area contributed by atoms with Crippen LogP contribution in [-0.2, 0) is 4.43 Å². The Bertz CT molecular complexity index is 714. The van der Waals surface area contributed by atoms with Crippen LogP contribution in [0.4, 0.5) is 0 Å². The van der Waals surface area contributed by atoms with E-state index < -0.39 is 8.32 Å². The number of hydrogen-bond donors (Lipinski definition) is 0. The SMILES string of the molecule is CC(C)(C)[Si](C)(C)OCCC(CC=Cc1ccccc1)c1ccc(Cl)cc1. The van der Waals surface area contributed by atoms with Crippen molar-refractivity contribution in [2.24, 2.45) is 0 Å². The summed E-state index contributed by atoms with van der Waals surface area (Å²) >= 11 is 6.08. The summed E-state index contributed by atoms with van der Waals surface area (Å²) in [7, 11) is -1.70. The van der Waals surface area contributed by atoms with Gasteiger partial charge < -0.3 is 4.43 Å². The van der Waals surface area contributed by atoms with Gasteiger partial charge in [0.15, 0.2) is 8.32 Å². The first-order valence-corrected chi connectivity index (χ1v) is 13.1. The van der Waals surface area contributed by atoms with Crippen LogP contribution in [0.25, 0.3) is 6.08 Å². The van der Waals surface area contributed by atoms with Crippen molar-refractivity contribution in [2.45, 2.75) is 57.7 Å². The summed E-state index contributed by atoms with van der Waals surface area (Å²) in [5.74, 6) is 0.437. The Hall–Kier alpha value is -1.35. The van der Waals surface area contributed by atoms with Crippen molar-refractivity contribution in [3.63, 3.8) is 0 Å². The molecule has 0 fully saturated rings. The van der Waals surface area contributed by atoms with Crippen LogP contribution in [0.3, 0.4) is 0 Å². The Balaban J connectivity index is 2.04. The van der Waals surface area contributed by atoms with Crippen molar-refractivity contribution < 1.29 is 4.43 Å². The molecule has 2 aromatic carbocycles. The molecule has 0 saturated heterocycles. The van der Waals surface area contributed by atoms with Crippen LogP contribution >= 0.6 is 11.6 Å². The molecule has 1 nitrogen and oxygen atoms in total. The molecule has 2 aromatic rings. The van der Waals surface area contributed by atoms with E-state index in [0.29, 0.717) is 5.92 Å². The van der Waals surface area contributed by atoms with Gasteiger partial charge in [0, 0.05) is 11.6 Å². The van der Waals surface area contributed by atoms with E-state index in [1.165, 1.54) is 11.1 Å². The Morgan fingerprint density at radius 1 is 1.00 bits per heavy atom. The van der Waals surface area contributed by atoms with Gasteiger partial charge in [0.25, 0.3) is 0 Å². The molecular weight excluding hydrogens is 368 g/mol. The third-order valence-corrected chi connectivity index (χ3v) is 10.4. The lowest BCUT2D eigenvalue weighted by Gasteiger charge is -2.36. The molecule has 0 aliphatic rings. The van der Waals surface area contributed by atoms with E-state index in [1.807, 2.05) is 18.2 Å². The molecular formula is C24H33ClOSi. The fourth-order valence-corrected chi connectivity index (χ4v) is 3.95. The van der Waals surface area contributed by atoms with Gasteiger partial charge >= 0.3 is 0 Å². The molecule has 146 valence electrons. The van der Waals surface area contributed by atoms with Gasteiger partial charge in [-0.15, -0.1) is 0 Å². The third-order valence-electron chi connectivity index (χ3n) is 5.61. The first-order valence-electron chi connectivity index (χ1n) is 9.80. The van der Waals surface area contributed by atoms with Gasteiger partial charge in [0.05, 0.1) is 0 Å². The van der Waals surface area contributed by atoms with Crippen LogP contribution in [0.15, 0.2) is 60.7 Å². The minimum Gasteiger partial charge on any atom is -0.417 e. The molecule has 1 atom stereocenters. The average Bonchev–Trinajstić information content (AvgIpc) is 2.61. The van der Waals surface area contributed by atoms with Gasteiger partial charge in [-0.2, -0.15) is 0 Å². The van der Waals surface area contributed by atoms with Crippen molar-refractivity contribution >= 4 is 26.0 Å². The zero-order chi connectivity index (χ0) is 19.9. The first-order chi connectivity index (χ1) is 12.7. The van der Waals surface area contributed by atoms with E-state index in [2.05, 4.69) is 82.4 Å². The Morgan fingerprint density at radius 3 is 2.22 bits per heavy atom. The number of halogens is 1. The highest BCUT2D eigenvalue weighted by Crippen LogP contribution is 2.37. The lowest BCUT2D eigenvalue weighted by atomic mass is 9.92. The maximum absolute atomic E-state index is 6.42. The minimum absolute atomic E-state index is 0.246. The van der Waals surface area contributed by atoms with Gasteiger partial charge in [-0.1, -0.05) is 87.0 Å². The van der Waals surface area contributed by atoms with Crippen LogP contribution in [0.5, 0.6) is 0 Å². The van der Waals surface area contributed by atoms with Gasteiger partial charge in [-0.3, -0.25) is 0 Å². The number of allylic oxidation sites excluding steroid dienone is 1. The van der Waals surface area contributed by atoms with Crippen molar-refractivity contribution in [3.05, 3.63) is 76.8 Å². The van der Waals surface area contributed by atoms with Crippen LogP contribution < -0.4 is 0 Å². The Kier molecular flexibility index (Phi) is 7.90. The van der Waals surface area contributed by atoms with Gasteiger partial charge in [-0.05, 0) is 60.2 Å². The summed E-state index contributed by atoms with van der Waals surface area (Å²) in [6.07, 6.45) is 6.50. The maximum Gasteiger partial charge on any atom is 0.191 e. The van der Waals surface area contributed by atoms with Crippen molar-refractivity contribution in [1.29, 1.82) is 0 Å². The molecule has 0 amide bonds. The standard InChI is InChI=1S/C24H33ClOSi/c1-24(2,3)27(4,5)26-19-18-21(22-14-16-23(25)17-15-22)13-9-12-20-10-7-6-8-11-20/h6-12,14-17,21H,13,18-19H2,1-5H3. The van der Waals surface area contributed by atoms with Crippen LogP contribution in [-0.4, -0.2) is 14.9 Å². The van der Waals surface area contributed by atoms with Crippen LogP contribution in [0.2, 0.25) is 23.2 Å². The zero-order valence-electron chi connectivity index (χ0n) is 17.3. The molecule has 0 bridgehead atoms. The Morgan fingerprint density at radius 2 is 1.63 bits per heavy atom. The van der Waals surface area contributed by atoms with E-state index in [1.54, 1.807) is 0 Å². The second-order valence-electron chi connectivity index (χ2n) is 8.69. The molecule has 0 aliphatic carbocycles. The normalized spacial score (nSPS) is 13.9. The van der Waals surface area contributed by atoms with E-state index in [9.17, 15) is 0 Å². The summed E-state index contributed by atoms with van der Waals surface area (Å²) in [5.41, 5.74) is 2.57. The number of benzene rings is 2. The summed E-state index contributed by atoms with van der Waals surface area (Å²) in [5, 5.41) is 1.03. The molecule has 0 aliphatic heterocycles. The largest absolute Gasteiger partial charge is 0.417 e. The summed E-state index contributed by atoms with van der Waals surface area (Å²) in [4.78, 5) is 0. The number of rotatable bonds is 8. The van der Waals surface area contributed by atoms with Gasteiger partial charge in [0.2, 0.25) is 0 Å². The van der Waals surface area contributed by atoms with Gasteiger partial charge in [-0.25, -0.2) is 0 Å². The topological polar surface area (TPSA) is 9.23 Å². The third kappa shape index (κ3) is 6.95.